The normalized spacial score (nSPS) is 10.7. The van der Waals surface area contributed by atoms with Crippen LogP contribution in [0, 0.1) is 0 Å². The van der Waals surface area contributed by atoms with Crippen LogP contribution >= 0.6 is 0 Å². The van der Waals surface area contributed by atoms with Crippen molar-refractivity contribution in [3.05, 3.63) is 323 Å². The Morgan fingerprint density at radius 2 is 0.364 bits per heavy atom. The molecule has 0 unspecified atom stereocenters. The lowest BCUT2D eigenvalue weighted by Gasteiger charge is -2.13. The fourth-order valence-corrected chi connectivity index (χ4v) is 8.65. The number of rotatable bonds is 12. The van der Waals surface area contributed by atoms with Crippen LogP contribution in [0.15, 0.2) is 273 Å². The van der Waals surface area contributed by atoms with Crippen LogP contribution in [0.5, 0.6) is 0 Å². The van der Waals surface area contributed by atoms with Gasteiger partial charge in [-0.1, -0.05) is 255 Å². The first-order valence-corrected chi connectivity index (χ1v) is 22.6. The summed E-state index contributed by atoms with van der Waals surface area (Å²) in [5, 5.41) is 0. The summed E-state index contributed by atoms with van der Waals surface area (Å²) in [7, 11) is 0. The van der Waals surface area contributed by atoms with E-state index in [0.29, 0.717) is 0 Å². The molecule has 0 saturated heterocycles. The Morgan fingerprint density at radius 3 is 0.545 bits per heavy atom. The van der Waals surface area contributed by atoms with E-state index in [1.165, 1.54) is 83.5 Å². The van der Waals surface area contributed by atoms with Crippen molar-refractivity contribution in [3.8, 4) is 33.4 Å². The molecule has 0 aliphatic rings. The third-order valence-electron chi connectivity index (χ3n) is 12.1. The second kappa shape index (κ2) is 19.9. The molecule has 0 radical (unpaired) electrons. The lowest BCUT2D eigenvalue weighted by atomic mass is 9.91. The zero-order chi connectivity index (χ0) is 44.3. The highest BCUT2D eigenvalue weighted by Gasteiger charge is 2.12. The molecule has 0 heterocycles. The second-order valence-corrected chi connectivity index (χ2v) is 16.5. The number of hydrogen-bond acceptors (Lipinski definition) is 0. The van der Waals surface area contributed by atoms with E-state index < -0.39 is 0 Å². The minimum atomic E-state index is 1.15. The van der Waals surface area contributed by atoms with Crippen LogP contribution in [-0.4, -0.2) is 0 Å². The molecule has 10 rings (SSSR count). The van der Waals surface area contributed by atoms with Gasteiger partial charge in [-0.05, 0) is 137 Å². The second-order valence-electron chi connectivity index (χ2n) is 16.5. The Bertz CT molecular complexity index is 2740. The van der Waals surface area contributed by atoms with Gasteiger partial charge in [0, 0.05) is 0 Å². The van der Waals surface area contributed by atoms with E-state index >= 15 is 0 Å². The molecule has 312 valence electrons. The molecule has 0 N–H and O–H groups in total. The van der Waals surface area contributed by atoms with E-state index in [-0.39, 0.29) is 0 Å². The molecule has 0 fully saturated rings. The Kier molecular flexibility index (Phi) is 12.5. The first-order valence-electron chi connectivity index (χ1n) is 22.6. The van der Waals surface area contributed by atoms with Crippen LogP contribution in [0.3, 0.4) is 0 Å². The quantitative estimate of drug-likeness (QED) is 0.108. The SMILES string of the molecule is C(=C(c1ccccc1)c1ccccc1)c1ccc(-c2cc(-c3ccc(C=C(c4ccccc4)c4ccccc4)cc3)cc(-c3ccc(C=C(c4ccccc4)c4ccccc4)cc3)c2)cc1. The van der Waals surface area contributed by atoms with Crippen molar-refractivity contribution in [2.24, 2.45) is 0 Å². The molecule has 10 aromatic carbocycles. The lowest BCUT2D eigenvalue weighted by Crippen LogP contribution is -1.90. The highest BCUT2D eigenvalue weighted by atomic mass is 14.2. The molecule has 0 atom stereocenters. The van der Waals surface area contributed by atoms with Crippen LogP contribution in [-0.2, 0) is 0 Å². The predicted molar refractivity (Wildman–Crippen MR) is 282 cm³/mol. The van der Waals surface area contributed by atoms with Crippen molar-refractivity contribution >= 4 is 34.9 Å². The molecular weight excluding hydrogens is 793 g/mol. The molecule has 66 heavy (non-hydrogen) atoms. The summed E-state index contributed by atoms with van der Waals surface area (Å²) in [6.45, 7) is 0. The molecular formula is C66H48. The van der Waals surface area contributed by atoms with Crippen LogP contribution in [0.1, 0.15) is 50.1 Å². The van der Waals surface area contributed by atoms with E-state index in [1.54, 1.807) is 0 Å². The molecule has 0 aliphatic carbocycles. The van der Waals surface area contributed by atoms with E-state index in [4.69, 9.17) is 0 Å². The van der Waals surface area contributed by atoms with Crippen molar-refractivity contribution in [1.82, 2.24) is 0 Å². The van der Waals surface area contributed by atoms with Gasteiger partial charge in [0.05, 0.1) is 0 Å². The molecule has 0 amide bonds. The first-order chi connectivity index (χ1) is 32.7. The van der Waals surface area contributed by atoms with Gasteiger partial charge < -0.3 is 0 Å². The molecule has 0 bridgehead atoms. The summed E-state index contributed by atoms with van der Waals surface area (Å²) in [6.07, 6.45) is 6.89. The molecule has 10 aromatic rings. The van der Waals surface area contributed by atoms with E-state index in [0.717, 1.165) is 16.7 Å². The van der Waals surface area contributed by atoms with Gasteiger partial charge in [0.1, 0.15) is 0 Å². The van der Waals surface area contributed by atoms with Gasteiger partial charge in [-0.25, -0.2) is 0 Å². The first kappa shape index (κ1) is 41.4. The standard InChI is InChI=1S/C66H48/c1-7-19-55(20-8-1)64(56-21-9-2-10-22-56)43-49-31-37-52(38-32-49)61-46-62(53-39-33-50(34-40-53)44-65(57-23-11-3-12-24-57)58-25-13-4-14-26-58)48-63(47-61)54-41-35-51(36-42-54)45-66(59-27-15-5-16-28-59)60-29-17-6-18-30-60/h1-48H. The fraction of sp³-hybridized carbons (Fsp3) is 0. The highest BCUT2D eigenvalue weighted by Crippen LogP contribution is 2.36. The van der Waals surface area contributed by atoms with Gasteiger partial charge in [-0.15, -0.1) is 0 Å². The van der Waals surface area contributed by atoms with Gasteiger partial charge >= 0.3 is 0 Å². The molecule has 0 saturated carbocycles. The van der Waals surface area contributed by atoms with Gasteiger partial charge in [0.2, 0.25) is 0 Å². The summed E-state index contributed by atoms with van der Waals surface area (Å²) in [6, 6.07) is 97.9. The highest BCUT2D eigenvalue weighted by molar-refractivity contribution is 5.94. The van der Waals surface area contributed by atoms with Gasteiger partial charge in [0.15, 0.2) is 0 Å². The molecule has 0 heteroatoms. The van der Waals surface area contributed by atoms with Crippen molar-refractivity contribution < 1.29 is 0 Å². The maximum Gasteiger partial charge on any atom is -0.0105 e. The average Bonchev–Trinajstić information content (AvgIpc) is 3.40. The maximum absolute atomic E-state index is 2.33. The summed E-state index contributed by atoms with van der Waals surface area (Å²) < 4.78 is 0. The van der Waals surface area contributed by atoms with Gasteiger partial charge in [0.25, 0.3) is 0 Å². The third-order valence-corrected chi connectivity index (χ3v) is 12.1. The zero-order valence-corrected chi connectivity index (χ0v) is 36.7. The Labute approximate surface area is 389 Å². The predicted octanol–water partition coefficient (Wildman–Crippen LogP) is 17.5. The lowest BCUT2D eigenvalue weighted by molar-refractivity contribution is 1.53. The fourth-order valence-electron chi connectivity index (χ4n) is 8.65. The monoisotopic (exact) mass is 840 g/mol. The maximum atomic E-state index is 2.33. The minimum Gasteiger partial charge on any atom is -0.0622 e. The van der Waals surface area contributed by atoms with Crippen molar-refractivity contribution in [1.29, 1.82) is 0 Å². The van der Waals surface area contributed by atoms with Crippen LogP contribution in [0.2, 0.25) is 0 Å². The molecule has 0 aliphatic heterocycles. The van der Waals surface area contributed by atoms with Crippen molar-refractivity contribution in [2.75, 3.05) is 0 Å². The van der Waals surface area contributed by atoms with E-state index in [9.17, 15) is 0 Å². The molecule has 0 spiro atoms. The summed E-state index contributed by atoms with van der Waals surface area (Å²) in [4.78, 5) is 0. The van der Waals surface area contributed by atoms with E-state index in [1.807, 2.05) is 0 Å². The van der Waals surface area contributed by atoms with Crippen LogP contribution < -0.4 is 0 Å². The zero-order valence-electron chi connectivity index (χ0n) is 36.7. The smallest absolute Gasteiger partial charge is 0.0105 e. The summed E-state index contributed by atoms with van der Waals surface area (Å²) in [5.74, 6) is 0. The summed E-state index contributed by atoms with van der Waals surface area (Å²) >= 11 is 0. The largest absolute Gasteiger partial charge is 0.0622 e. The van der Waals surface area contributed by atoms with E-state index in [2.05, 4.69) is 291 Å². The topological polar surface area (TPSA) is 0 Å². The van der Waals surface area contributed by atoms with Crippen molar-refractivity contribution in [3.63, 3.8) is 0 Å². The number of benzene rings is 10. The summed E-state index contributed by atoms with van der Waals surface area (Å²) in [5.41, 5.74) is 21.2. The molecule has 0 aromatic heterocycles. The third kappa shape index (κ3) is 9.80. The Hall–Kier alpha value is -8.58. The number of hydrogen-bond donors (Lipinski definition) is 0. The van der Waals surface area contributed by atoms with Gasteiger partial charge in [-0.2, -0.15) is 0 Å². The van der Waals surface area contributed by atoms with Crippen molar-refractivity contribution in [2.45, 2.75) is 0 Å². The Morgan fingerprint density at radius 1 is 0.182 bits per heavy atom. The van der Waals surface area contributed by atoms with Gasteiger partial charge in [-0.3, -0.25) is 0 Å². The molecule has 0 nitrogen and oxygen atoms in total. The Balaban J connectivity index is 1.03. The van der Waals surface area contributed by atoms with Crippen LogP contribution in [0.25, 0.3) is 68.3 Å². The average molecular weight is 841 g/mol. The minimum absolute atomic E-state index is 1.15. The van der Waals surface area contributed by atoms with Crippen LogP contribution in [0.4, 0.5) is 0 Å².